The Morgan fingerprint density at radius 2 is 1.74 bits per heavy atom. The summed E-state index contributed by atoms with van der Waals surface area (Å²) in [4.78, 5) is 21.2. The Morgan fingerprint density at radius 3 is 2.45 bits per heavy atom. The Bertz CT molecular complexity index is 1620. The summed E-state index contributed by atoms with van der Waals surface area (Å²) in [6, 6.07) is 17.4. The first-order valence-corrected chi connectivity index (χ1v) is 14.6. The van der Waals surface area contributed by atoms with Crippen LogP contribution in [-0.4, -0.2) is 29.0 Å². The smallest absolute Gasteiger partial charge is 0.346 e. The molecular formula is C32H32F3N5OS. The third kappa shape index (κ3) is 6.71. The Morgan fingerprint density at radius 1 is 1.00 bits per heavy atom. The molecule has 2 heterocycles. The van der Waals surface area contributed by atoms with Gasteiger partial charge in [0.1, 0.15) is 5.69 Å². The van der Waals surface area contributed by atoms with E-state index in [0.29, 0.717) is 40.6 Å². The first kappa shape index (κ1) is 29.5. The number of aromatic nitrogens is 2. The molecule has 1 amide bonds. The fourth-order valence-corrected chi connectivity index (χ4v) is 5.34. The number of carbonyl (C=O) groups is 1. The molecule has 6 nitrogen and oxygen atoms in total. The third-order valence-electron chi connectivity index (χ3n) is 7.53. The van der Waals surface area contributed by atoms with Crippen LogP contribution >= 0.6 is 11.3 Å². The fourth-order valence-electron chi connectivity index (χ4n) is 4.60. The number of halogens is 3. The van der Waals surface area contributed by atoms with Crippen molar-refractivity contribution >= 4 is 22.4 Å². The quantitative estimate of drug-likeness (QED) is 0.189. The largest absolute Gasteiger partial charge is 0.433 e. The summed E-state index contributed by atoms with van der Waals surface area (Å²) >= 11 is 1.43. The van der Waals surface area contributed by atoms with Gasteiger partial charge >= 0.3 is 6.18 Å². The van der Waals surface area contributed by atoms with Crippen LogP contribution in [0.1, 0.15) is 54.7 Å². The van der Waals surface area contributed by atoms with Crippen molar-refractivity contribution < 1.29 is 18.0 Å². The number of alkyl halides is 3. The van der Waals surface area contributed by atoms with Crippen molar-refractivity contribution in [2.24, 2.45) is 5.73 Å². The van der Waals surface area contributed by atoms with Crippen LogP contribution in [-0.2, 0) is 11.6 Å². The van der Waals surface area contributed by atoms with Crippen LogP contribution in [0.3, 0.4) is 0 Å². The number of nitrogens with two attached hydrogens (primary N) is 1. The van der Waals surface area contributed by atoms with E-state index in [9.17, 15) is 18.0 Å². The number of hydrogen-bond acceptors (Lipinski definition) is 6. The van der Waals surface area contributed by atoms with E-state index >= 15 is 0 Å². The van der Waals surface area contributed by atoms with Crippen LogP contribution in [0.25, 0.3) is 22.4 Å². The van der Waals surface area contributed by atoms with Crippen molar-refractivity contribution in [3.05, 3.63) is 100 Å². The van der Waals surface area contributed by atoms with Gasteiger partial charge in [-0.1, -0.05) is 44.2 Å². The predicted octanol–water partition coefficient (Wildman–Crippen LogP) is 7.41. The number of allylic oxidation sites excluding steroid dienone is 1. The topological polar surface area (TPSA) is 92.9 Å². The lowest BCUT2D eigenvalue weighted by atomic mass is 9.84. The molecule has 0 aliphatic heterocycles. The molecule has 1 aliphatic carbocycles. The number of nitrogens with one attached hydrogen (secondary N) is 2. The van der Waals surface area contributed by atoms with E-state index < -0.39 is 11.9 Å². The van der Waals surface area contributed by atoms with Crippen LogP contribution in [0.5, 0.6) is 0 Å². The summed E-state index contributed by atoms with van der Waals surface area (Å²) in [7, 11) is 0. The summed E-state index contributed by atoms with van der Waals surface area (Å²) in [5, 5.41) is 9.04. The second-order valence-corrected chi connectivity index (χ2v) is 11.8. The molecule has 218 valence electrons. The van der Waals surface area contributed by atoms with Gasteiger partial charge in [-0.2, -0.15) is 13.2 Å². The van der Waals surface area contributed by atoms with Gasteiger partial charge in [-0.25, -0.2) is 4.98 Å². The van der Waals surface area contributed by atoms with E-state index in [1.807, 2.05) is 35.7 Å². The molecule has 4 N–H and O–H groups in total. The highest BCUT2D eigenvalue weighted by Crippen LogP contribution is 2.34. The molecule has 0 saturated heterocycles. The normalized spacial score (nSPS) is 13.4. The number of rotatable bonds is 9. The average molecular weight is 592 g/mol. The molecule has 0 radical (unpaired) electrons. The standard InChI is InChI=1S/C32H32F3N5OS/c1-31(2,19-36)25-11-5-10-24(15-25)29(41)38-17-26(20-6-3-7-20)39-30-40-27(18-42-30)23-9-4-8-21(14-23)22-12-13-37-28(16-22)32(33,34)35/h4-5,8-16,18H,3,6-7,17,19,36H2,1-2H3,(H,38,41)(H,39,40). The summed E-state index contributed by atoms with van der Waals surface area (Å²) in [6.07, 6.45) is -0.317. The summed E-state index contributed by atoms with van der Waals surface area (Å²) in [6.45, 7) is 4.91. The molecule has 0 unspecified atom stereocenters. The minimum atomic E-state index is -4.51. The third-order valence-corrected chi connectivity index (χ3v) is 8.29. The Kier molecular flexibility index (Phi) is 8.47. The lowest BCUT2D eigenvalue weighted by Gasteiger charge is -2.24. The lowest BCUT2D eigenvalue weighted by Crippen LogP contribution is -2.31. The second-order valence-electron chi connectivity index (χ2n) is 11.0. The maximum Gasteiger partial charge on any atom is 0.433 e. The molecule has 1 fully saturated rings. The first-order valence-electron chi connectivity index (χ1n) is 13.7. The van der Waals surface area contributed by atoms with Crippen molar-refractivity contribution in [3.63, 3.8) is 0 Å². The first-order chi connectivity index (χ1) is 20.0. The molecule has 0 bridgehead atoms. The molecule has 2 aromatic heterocycles. The molecule has 42 heavy (non-hydrogen) atoms. The number of pyridine rings is 1. The van der Waals surface area contributed by atoms with E-state index in [-0.39, 0.29) is 11.3 Å². The van der Waals surface area contributed by atoms with Crippen molar-refractivity contribution in [1.29, 1.82) is 0 Å². The van der Waals surface area contributed by atoms with E-state index in [2.05, 4.69) is 29.5 Å². The summed E-state index contributed by atoms with van der Waals surface area (Å²) in [5.41, 5.74) is 11.1. The molecule has 4 aromatic rings. The SMILES string of the molecule is CC(C)(CN)c1cccc(C(=O)NCC(Nc2nc(-c3cccc(-c4ccnc(C(F)(F)F)c4)c3)cs2)=C2CCC2)c1. The Balaban J connectivity index is 1.30. The lowest BCUT2D eigenvalue weighted by molar-refractivity contribution is -0.141. The van der Waals surface area contributed by atoms with E-state index in [1.165, 1.54) is 23.1 Å². The van der Waals surface area contributed by atoms with Gasteiger partial charge in [0, 0.05) is 40.4 Å². The Hall–Kier alpha value is -4.02. The van der Waals surface area contributed by atoms with Gasteiger partial charge in [0.15, 0.2) is 5.13 Å². The molecule has 5 rings (SSSR count). The maximum atomic E-state index is 13.2. The number of thiazole rings is 1. The maximum absolute atomic E-state index is 13.2. The second kappa shape index (κ2) is 12.1. The summed E-state index contributed by atoms with van der Waals surface area (Å²) in [5.74, 6) is -0.162. The molecule has 1 saturated carbocycles. The highest BCUT2D eigenvalue weighted by molar-refractivity contribution is 7.14. The molecular weight excluding hydrogens is 559 g/mol. The zero-order valence-corrected chi connectivity index (χ0v) is 24.2. The van der Waals surface area contributed by atoms with E-state index in [1.54, 1.807) is 24.3 Å². The van der Waals surface area contributed by atoms with Crippen LogP contribution in [0.2, 0.25) is 0 Å². The van der Waals surface area contributed by atoms with Crippen molar-refractivity contribution in [2.45, 2.75) is 44.7 Å². The minimum absolute atomic E-state index is 0.162. The number of hydrogen-bond donors (Lipinski definition) is 3. The monoisotopic (exact) mass is 591 g/mol. The van der Waals surface area contributed by atoms with Crippen LogP contribution in [0.4, 0.5) is 18.3 Å². The number of nitrogens with zero attached hydrogens (tertiary/aromatic N) is 2. The van der Waals surface area contributed by atoms with Crippen molar-refractivity contribution in [2.75, 3.05) is 18.4 Å². The molecule has 0 spiro atoms. The van der Waals surface area contributed by atoms with Gasteiger partial charge in [-0.05, 0) is 71.9 Å². The fraction of sp³-hybridized carbons (Fsp3) is 0.281. The van der Waals surface area contributed by atoms with Gasteiger partial charge in [0.2, 0.25) is 0 Å². The van der Waals surface area contributed by atoms with E-state index in [0.717, 1.165) is 42.2 Å². The van der Waals surface area contributed by atoms with Crippen LogP contribution < -0.4 is 16.4 Å². The molecule has 1 aliphatic rings. The molecule has 2 aromatic carbocycles. The van der Waals surface area contributed by atoms with Crippen LogP contribution in [0.15, 0.2) is 83.5 Å². The van der Waals surface area contributed by atoms with Gasteiger partial charge in [0.25, 0.3) is 5.91 Å². The van der Waals surface area contributed by atoms with Crippen LogP contribution in [0, 0.1) is 0 Å². The molecule has 10 heteroatoms. The van der Waals surface area contributed by atoms with Gasteiger partial charge in [0.05, 0.1) is 12.2 Å². The number of amides is 1. The van der Waals surface area contributed by atoms with Crippen molar-refractivity contribution in [1.82, 2.24) is 15.3 Å². The number of anilines is 1. The zero-order chi connectivity index (χ0) is 29.9. The van der Waals surface area contributed by atoms with E-state index in [4.69, 9.17) is 10.7 Å². The average Bonchev–Trinajstić information content (AvgIpc) is 3.43. The highest BCUT2D eigenvalue weighted by atomic mass is 32.1. The zero-order valence-electron chi connectivity index (χ0n) is 23.4. The van der Waals surface area contributed by atoms with Gasteiger partial charge in [-0.3, -0.25) is 9.78 Å². The van der Waals surface area contributed by atoms with Gasteiger partial charge in [-0.15, -0.1) is 11.3 Å². The highest BCUT2D eigenvalue weighted by Gasteiger charge is 2.32. The Labute approximate surface area is 246 Å². The van der Waals surface area contributed by atoms with Gasteiger partial charge < -0.3 is 16.4 Å². The number of carbonyl (C=O) groups excluding carboxylic acids is 1. The number of benzene rings is 2. The summed E-state index contributed by atoms with van der Waals surface area (Å²) < 4.78 is 39.5. The van der Waals surface area contributed by atoms with Crippen molar-refractivity contribution in [3.8, 4) is 22.4 Å². The molecule has 0 atom stereocenters. The predicted molar refractivity (Wildman–Crippen MR) is 161 cm³/mol. The minimum Gasteiger partial charge on any atom is -0.346 e.